The molecule has 2 N–H and O–H groups in total. The van der Waals surface area contributed by atoms with Crippen molar-refractivity contribution in [1.82, 2.24) is 4.57 Å². The van der Waals surface area contributed by atoms with Crippen LogP contribution in [0.1, 0.15) is 16.8 Å². The van der Waals surface area contributed by atoms with Gasteiger partial charge in [0, 0.05) is 52.8 Å². The van der Waals surface area contributed by atoms with Gasteiger partial charge in [-0.3, -0.25) is 10.1 Å². The minimum absolute atomic E-state index is 0.364. The van der Waals surface area contributed by atoms with Crippen LogP contribution in [0.25, 0.3) is 22.5 Å². The number of aromatic hydroxyl groups is 2. The van der Waals surface area contributed by atoms with Gasteiger partial charge in [0.05, 0.1) is 16.2 Å². The second-order valence-electron chi connectivity index (χ2n) is 6.58. The van der Waals surface area contributed by atoms with Crippen LogP contribution in [0.4, 0.5) is 5.69 Å². The highest BCUT2D eigenvalue weighted by Crippen LogP contribution is 2.41. The van der Waals surface area contributed by atoms with Gasteiger partial charge in [-0.2, -0.15) is 4.73 Å². The van der Waals surface area contributed by atoms with E-state index in [9.17, 15) is 25.5 Å². The Morgan fingerprint density at radius 2 is 1.71 bits per heavy atom. The Balaban J connectivity index is 2.25. The van der Waals surface area contributed by atoms with E-state index in [1.165, 1.54) is 12.1 Å². The van der Waals surface area contributed by atoms with Gasteiger partial charge in [0.2, 0.25) is 5.75 Å². The standard InChI is InChI=1S/C19H18BrN3O5/c1-9-10(2)17(19(20)22(26)11(9)3)14-6-5-13(21(14)4)12-7-15(23(27)28)18(25)16(24)8-12/h5-8,24-25H,1-4H3. The molecule has 0 bridgehead atoms. The Bertz CT molecular complexity index is 1110. The molecule has 3 rings (SSSR count). The van der Waals surface area contributed by atoms with E-state index in [4.69, 9.17) is 0 Å². The van der Waals surface area contributed by atoms with Crippen molar-refractivity contribution in [2.45, 2.75) is 20.8 Å². The van der Waals surface area contributed by atoms with Crippen LogP contribution in [-0.2, 0) is 7.05 Å². The van der Waals surface area contributed by atoms with Crippen LogP contribution in [0.15, 0.2) is 28.9 Å². The number of rotatable bonds is 3. The summed E-state index contributed by atoms with van der Waals surface area (Å²) in [5.74, 6) is -1.35. The highest BCUT2D eigenvalue weighted by Gasteiger charge is 2.25. The van der Waals surface area contributed by atoms with Crippen molar-refractivity contribution in [2.24, 2.45) is 7.05 Å². The lowest BCUT2D eigenvalue weighted by Crippen LogP contribution is -2.34. The van der Waals surface area contributed by atoms with Crippen LogP contribution in [0, 0.1) is 36.1 Å². The van der Waals surface area contributed by atoms with Crippen LogP contribution in [0.2, 0.25) is 0 Å². The second-order valence-corrected chi connectivity index (χ2v) is 7.33. The average Bonchev–Trinajstić information content (AvgIpc) is 3.02. The number of benzene rings is 1. The predicted octanol–water partition coefficient (Wildman–Crippen LogP) is 4.00. The van der Waals surface area contributed by atoms with Gasteiger partial charge >= 0.3 is 5.69 Å². The molecule has 0 fully saturated rings. The fourth-order valence-electron chi connectivity index (χ4n) is 3.26. The zero-order valence-electron chi connectivity index (χ0n) is 15.6. The van der Waals surface area contributed by atoms with Gasteiger partial charge in [0.25, 0.3) is 4.60 Å². The lowest BCUT2D eigenvalue weighted by Gasteiger charge is -2.16. The number of halogens is 1. The van der Waals surface area contributed by atoms with E-state index in [2.05, 4.69) is 15.9 Å². The van der Waals surface area contributed by atoms with Crippen LogP contribution < -0.4 is 4.73 Å². The van der Waals surface area contributed by atoms with Crippen molar-refractivity contribution in [2.75, 3.05) is 0 Å². The largest absolute Gasteiger partial charge is 0.618 e. The van der Waals surface area contributed by atoms with E-state index < -0.39 is 22.1 Å². The molecule has 0 radical (unpaired) electrons. The van der Waals surface area contributed by atoms with Crippen LogP contribution >= 0.6 is 15.9 Å². The molecule has 1 aromatic carbocycles. The molecule has 2 aromatic heterocycles. The Labute approximate surface area is 169 Å². The third-order valence-corrected chi connectivity index (χ3v) is 5.83. The lowest BCUT2D eigenvalue weighted by atomic mass is 10.0. The first-order valence-electron chi connectivity index (χ1n) is 8.31. The molecule has 0 aliphatic carbocycles. The summed E-state index contributed by atoms with van der Waals surface area (Å²) in [7, 11) is 1.76. The molecular weight excluding hydrogens is 430 g/mol. The number of nitro benzene ring substituents is 1. The van der Waals surface area contributed by atoms with Crippen LogP contribution in [0.5, 0.6) is 11.5 Å². The summed E-state index contributed by atoms with van der Waals surface area (Å²) in [6.07, 6.45) is 0. The molecule has 0 unspecified atom stereocenters. The molecular formula is C19H18BrN3O5. The molecule has 2 heterocycles. The van der Waals surface area contributed by atoms with E-state index in [1.807, 2.05) is 13.8 Å². The van der Waals surface area contributed by atoms with Crippen molar-refractivity contribution in [3.8, 4) is 34.0 Å². The quantitative estimate of drug-likeness (QED) is 0.157. The van der Waals surface area contributed by atoms with E-state index in [0.717, 1.165) is 21.6 Å². The first kappa shape index (κ1) is 19.7. The first-order valence-corrected chi connectivity index (χ1v) is 9.11. The third-order valence-electron chi connectivity index (χ3n) is 5.11. The van der Waals surface area contributed by atoms with Gasteiger partial charge in [-0.1, -0.05) is 0 Å². The van der Waals surface area contributed by atoms with Crippen molar-refractivity contribution in [1.29, 1.82) is 0 Å². The molecule has 0 amide bonds. The summed E-state index contributed by atoms with van der Waals surface area (Å²) >= 11 is 3.38. The smallest absolute Gasteiger partial charge is 0.315 e. The molecule has 0 saturated carbocycles. The fourth-order valence-corrected chi connectivity index (χ4v) is 4.02. The maximum atomic E-state index is 12.5. The van der Waals surface area contributed by atoms with Gasteiger partial charge in [-0.15, -0.1) is 0 Å². The van der Waals surface area contributed by atoms with Crippen molar-refractivity contribution in [3.05, 3.63) is 61.0 Å². The zero-order valence-corrected chi connectivity index (χ0v) is 17.2. The monoisotopic (exact) mass is 447 g/mol. The van der Waals surface area contributed by atoms with Gasteiger partial charge in [0.15, 0.2) is 11.4 Å². The number of hydrogen-bond acceptors (Lipinski definition) is 5. The number of nitro groups is 1. The van der Waals surface area contributed by atoms with Gasteiger partial charge in [0.1, 0.15) is 0 Å². The van der Waals surface area contributed by atoms with Gasteiger partial charge in [-0.25, -0.2) is 0 Å². The van der Waals surface area contributed by atoms with Crippen LogP contribution in [0.3, 0.4) is 0 Å². The highest BCUT2D eigenvalue weighted by molar-refractivity contribution is 9.10. The number of aromatic nitrogens is 2. The number of pyridine rings is 1. The highest BCUT2D eigenvalue weighted by atomic mass is 79.9. The summed E-state index contributed by atoms with van der Waals surface area (Å²) in [6, 6.07) is 6.00. The first-order chi connectivity index (χ1) is 13.1. The number of nitrogens with zero attached hydrogens (tertiary/aromatic N) is 3. The Kier molecular flexibility index (Phi) is 4.80. The number of hydrogen-bond donors (Lipinski definition) is 2. The summed E-state index contributed by atoms with van der Waals surface area (Å²) in [4.78, 5) is 10.4. The van der Waals surface area contributed by atoms with E-state index >= 15 is 0 Å². The number of phenols is 2. The third kappa shape index (κ3) is 2.88. The van der Waals surface area contributed by atoms with Crippen molar-refractivity contribution >= 4 is 21.6 Å². The second kappa shape index (κ2) is 6.83. The SMILES string of the molecule is Cc1c(C)c(C)[n+]([O-])c(Br)c1-c1ccc(-c2cc(O)c(O)c([N+](=O)[O-])c2)n1C. The maximum absolute atomic E-state index is 12.5. The lowest BCUT2D eigenvalue weighted by molar-refractivity contribution is -0.623. The molecule has 0 saturated heterocycles. The molecule has 28 heavy (non-hydrogen) atoms. The molecule has 3 aromatic rings. The Hall–Kier alpha value is -3.07. The molecule has 0 spiro atoms. The minimum Gasteiger partial charge on any atom is -0.618 e. The molecule has 8 nitrogen and oxygen atoms in total. The predicted molar refractivity (Wildman–Crippen MR) is 107 cm³/mol. The van der Waals surface area contributed by atoms with Crippen LogP contribution in [-0.4, -0.2) is 19.7 Å². The molecule has 0 aliphatic rings. The maximum Gasteiger partial charge on any atom is 0.315 e. The molecule has 146 valence electrons. The number of phenolic OH excluding ortho intramolecular Hbond substituents is 2. The summed E-state index contributed by atoms with van der Waals surface area (Å²) in [5, 5.41) is 43.2. The van der Waals surface area contributed by atoms with E-state index in [-0.39, 0.29) is 0 Å². The molecule has 0 atom stereocenters. The van der Waals surface area contributed by atoms with Gasteiger partial charge in [-0.05, 0) is 37.6 Å². The average molecular weight is 448 g/mol. The summed E-state index contributed by atoms with van der Waals surface area (Å²) in [5.41, 5.74) is 4.20. The van der Waals surface area contributed by atoms with E-state index in [0.29, 0.717) is 27.1 Å². The zero-order chi connectivity index (χ0) is 20.9. The molecule has 0 aliphatic heterocycles. The Morgan fingerprint density at radius 3 is 2.32 bits per heavy atom. The van der Waals surface area contributed by atoms with Crippen molar-refractivity contribution < 1.29 is 19.9 Å². The topological polar surface area (TPSA) is 115 Å². The van der Waals surface area contributed by atoms with Gasteiger partial charge < -0.3 is 20.0 Å². The van der Waals surface area contributed by atoms with Crippen molar-refractivity contribution in [3.63, 3.8) is 0 Å². The summed E-state index contributed by atoms with van der Waals surface area (Å²) in [6.45, 7) is 5.55. The normalized spacial score (nSPS) is 11.0. The van der Waals surface area contributed by atoms with E-state index in [1.54, 1.807) is 30.7 Å². The fraction of sp³-hybridized carbons (Fsp3) is 0.211. The Morgan fingerprint density at radius 1 is 1.11 bits per heavy atom. The minimum atomic E-state index is -0.775. The molecule has 9 heteroatoms. The summed E-state index contributed by atoms with van der Waals surface area (Å²) < 4.78 is 2.97.